The van der Waals surface area contributed by atoms with Crippen molar-refractivity contribution in [2.24, 2.45) is 5.92 Å². The first-order valence-corrected chi connectivity index (χ1v) is 7.69. The zero-order valence-electron chi connectivity index (χ0n) is 12.7. The van der Waals surface area contributed by atoms with Crippen LogP contribution in [0.3, 0.4) is 0 Å². The van der Waals surface area contributed by atoms with Crippen molar-refractivity contribution in [2.75, 3.05) is 13.1 Å². The Hall–Kier alpha value is -1.42. The highest BCUT2D eigenvalue weighted by atomic mass is 15.2. The predicted octanol–water partition coefficient (Wildman–Crippen LogP) is 2.86. The molecular formula is C16H24N4. The summed E-state index contributed by atoms with van der Waals surface area (Å²) in [5, 5.41) is 3.44. The van der Waals surface area contributed by atoms with E-state index in [1.165, 1.54) is 24.2 Å². The lowest BCUT2D eigenvalue weighted by atomic mass is 10.1. The van der Waals surface area contributed by atoms with Crippen molar-refractivity contribution in [1.29, 1.82) is 0 Å². The number of imidazole rings is 1. The first-order valence-electron chi connectivity index (χ1n) is 7.69. The van der Waals surface area contributed by atoms with Crippen LogP contribution >= 0.6 is 0 Å². The van der Waals surface area contributed by atoms with E-state index in [2.05, 4.69) is 41.7 Å². The van der Waals surface area contributed by atoms with E-state index < -0.39 is 0 Å². The van der Waals surface area contributed by atoms with Crippen LogP contribution in [0, 0.1) is 12.8 Å². The van der Waals surface area contributed by atoms with E-state index in [1.54, 1.807) is 0 Å². The molecule has 108 valence electrons. The molecule has 20 heavy (non-hydrogen) atoms. The zero-order chi connectivity index (χ0) is 14.1. The van der Waals surface area contributed by atoms with Gasteiger partial charge in [-0.1, -0.05) is 13.8 Å². The van der Waals surface area contributed by atoms with E-state index >= 15 is 0 Å². The molecule has 1 N–H and O–H groups in total. The standard InChI is InChI=1S/C16H24N4/c1-11(2)8-15-19-14-9-12(3)10-18-16(14)20(15)13-4-6-17-7-5-13/h9-11,13,17H,4-8H2,1-3H3. The van der Waals surface area contributed by atoms with Crippen LogP contribution in [0.15, 0.2) is 12.3 Å². The summed E-state index contributed by atoms with van der Waals surface area (Å²) < 4.78 is 2.41. The smallest absolute Gasteiger partial charge is 0.160 e. The Bertz CT molecular complexity index is 594. The van der Waals surface area contributed by atoms with E-state index in [0.717, 1.165) is 30.7 Å². The van der Waals surface area contributed by atoms with Crippen molar-refractivity contribution in [3.8, 4) is 0 Å². The highest BCUT2D eigenvalue weighted by Gasteiger charge is 2.22. The molecular weight excluding hydrogens is 248 g/mol. The Morgan fingerprint density at radius 2 is 2.10 bits per heavy atom. The number of rotatable bonds is 3. The van der Waals surface area contributed by atoms with Crippen LogP contribution < -0.4 is 5.32 Å². The molecule has 2 aromatic rings. The predicted molar refractivity (Wildman–Crippen MR) is 81.9 cm³/mol. The zero-order valence-corrected chi connectivity index (χ0v) is 12.7. The minimum atomic E-state index is 0.546. The average Bonchev–Trinajstić information content (AvgIpc) is 2.75. The topological polar surface area (TPSA) is 42.7 Å². The Balaban J connectivity index is 2.09. The summed E-state index contributed by atoms with van der Waals surface area (Å²) in [4.78, 5) is 9.53. The Kier molecular flexibility index (Phi) is 3.74. The molecule has 3 rings (SSSR count). The van der Waals surface area contributed by atoms with Crippen LogP contribution in [0.5, 0.6) is 0 Å². The second-order valence-electron chi connectivity index (χ2n) is 6.33. The van der Waals surface area contributed by atoms with Crippen LogP contribution in [0.2, 0.25) is 0 Å². The SMILES string of the molecule is Cc1cnc2c(c1)nc(CC(C)C)n2C1CCNCC1. The van der Waals surface area contributed by atoms with Gasteiger partial charge in [0.15, 0.2) is 5.65 Å². The molecule has 1 aliphatic heterocycles. The molecule has 4 nitrogen and oxygen atoms in total. The van der Waals surface area contributed by atoms with Crippen molar-refractivity contribution in [3.05, 3.63) is 23.7 Å². The Morgan fingerprint density at radius 3 is 2.80 bits per heavy atom. The molecule has 2 aromatic heterocycles. The molecule has 0 aromatic carbocycles. The molecule has 4 heteroatoms. The number of piperidine rings is 1. The van der Waals surface area contributed by atoms with Crippen molar-refractivity contribution in [1.82, 2.24) is 19.9 Å². The number of aryl methyl sites for hydroxylation is 1. The van der Waals surface area contributed by atoms with Gasteiger partial charge in [-0.05, 0) is 50.4 Å². The van der Waals surface area contributed by atoms with Crippen molar-refractivity contribution in [2.45, 2.75) is 46.1 Å². The molecule has 3 heterocycles. The third-order valence-corrected chi connectivity index (χ3v) is 4.00. The quantitative estimate of drug-likeness (QED) is 0.934. The summed E-state index contributed by atoms with van der Waals surface area (Å²) in [6.45, 7) is 8.78. The van der Waals surface area contributed by atoms with Crippen LogP contribution in [0.1, 0.15) is 44.1 Å². The number of pyridine rings is 1. The molecule has 0 amide bonds. The highest BCUT2D eigenvalue weighted by Crippen LogP contribution is 2.27. The van der Waals surface area contributed by atoms with Crippen molar-refractivity contribution >= 4 is 11.2 Å². The number of hydrogen-bond donors (Lipinski definition) is 1. The van der Waals surface area contributed by atoms with Gasteiger partial charge in [0.2, 0.25) is 0 Å². The minimum Gasteiger partial charge on any atom is -0.317 e. The third-order valence-electron chi connectivity index (χ3n) is 4.00. The largest absolute Gasteiger partial charge is 0.317 e. The van der Waals surface area contributed by atoms with Gasteiger partial charge in [0.25, 0.3) is 0 Å². The maximum atomic E-state index is 4.87. The molecule has 1 fully saturated rings. The summed E-state index contributed by atoms with van der Waals surface area (Å²) in [5.41, 5.74) is 3.31. The first-order chi connectivity index (χ1) is 9.65. The lowest BCUT2D eigenvalue weighted by Crippen LogP contribution is -2.30. The molecule has 0 saturated carbocycles. The number of hydrogen-bond acceptors (Lipinski definition) is 3. The number of fused-ring (bicyclic) bond motifs is 1. The second kappa shape index (κ2) is 5.52. The van der Waals surface area contributed by atoms with E-state index in [0.29, 0.717) is 12.0 Å². The van der Waals surface area contributed by atoms with E-state index in [-0.39, 0.29) is 0 Å². The normalized spacial score (nSPS) is 17.2. The number of nitrogens with one attached hydrogen (secondary N) is 1. The van der Waals surface area contributed by atoms with Crippen molar-refractivity contribution in [3.63, 3.8) is 0 Å². The van der Waals surface area contributed by atoms with E-state index in [4.69, 9.17) is 4.98 Å². The molecule has 0 atom stereocenters. The van der Waals surface area contributed by atoms with Gasteiger partial charge in [-0.3, -0.25) is 0 Å². The molecule has 0 aliphatic carbocycles. The van der Waals surface area contributed by atoms with Gasteiger partial charge < -0.3 is 9.88 Å². The summed E-state index contributed by atoms with van der Waals surface area (Å²) in [7, 11) is 0. The van der Waals surface area contributed by atoms with Gasteiger partial charge in [-0.25, -0.2) is 9.97 Å². The van der Waals surface area contributed by atoms with Crippen molar-refractivity contribution < 1.29 is 0 Å². The van der Waals surface area contributed by atoms with Crippen LogP contribution in [0.4, 0.5) is 0 Å². The Labute approximate surface area is 120 Å². The first kappa shape index (κ1) is 13.6. The van der Waals surface area contributed by atoms with Crippen LogP contribution in [0.25, 0.3) is 11.2 Å². The van der Waals surface area contributed by atoms with Gasteiger partial charge in [-0.15, -0.1) is 0 Å². The van der Waals surface area contributed by atoms with E-state index in [9.17, 15) is 0 Å². The average molecular weight is 272 g/mol. The summed E-state index contributed by atoms with van der Waals surface area (Å²) in [6, 6.07) is 2.70. The molecule has 1 aliphatic rings. The molecule has 1 saturated heterocycles. The Morgan fingerprint density at radius 1 is 1.35 bits per heavy atom. The van der Waals surface area contributed by atoms with Crippen LogP contribution in [-0.2, 0) is 6.42 Å². The fourth-order valence-corrected chi connectivity index (χ4v) is 3.09. The fraction of sp³-hybridized carbons (Fsp3) is 0.625. The molecule has 0 radical (unpaired) electrons. The number of aromatic nitrogens is 3. The molecule has 0 bridgehead atoms. The van der Waals surface area contributed by atoms with E-state index in [1.807, 2.05) is 6.20 Å². The third kappa shape index (κ3) is 2.57. The maximum Gasteiger partial charge on any atom is 0.160 e. The lowest BCUT2D eigenvalue weighted by Gasteiger charge is -2.26. The van der Waals surface area contributed by atoms with Gasteiger partial charge in [0, 0.05) is 18.7 Å². The van der Waals surface area contributed by atoms with Crippen LogP contribution in [-0.4, -0.2) is 27.6 Å². The maximum absolute atomic E-state index is 4.87. The van der Waals surface area contributed by atoms with Gasteiger partial charge in [-0.2, -0.15) is 0 Å². The minimum absolute atomic E-state index is 0.546. The lowest BCUT2D eigenvalue weighted by molar-refractivity contribution is 0.362. The fourth-order valence-electron chi connectivity index (χ4n) is 3.09. The summed E-state index contributed by atoms with van der Waals surface area (Å²) in [5.74, 6) is 1.83. The van der Waals surface area contributed by atoms with Gasteiger partial charge in [0.05, 0.1) is 0 Å². The van der Waals surface area contributed by atoms with Gasteiger partial charge >= 0.3 is 0 Å². The molecule has 0 spiro atoms. The second-order valence-corrected chi connectivity index (χ2v) is 6.33. The summed E-state index contributed by atoms with van der Waals surface area (Å²) in [6.07, 6.45) is 5.33. The number of nitrogens with zero attached hydrogens (tertiary/aromatic N) is 3. The molecule has 0 unspecified atom stereocenters. The van der Waals surface area contributed by atoms with Gasteiger partial charge in [0.1, 0.15) is 11.3 Å². The monoisotopic (exact) mass is 272 g/mol. The highest BCUT2D eigenvalue weighted by molar-refractivity contribution is 5.72. The summed E-state index contributed by atoms with van der Waals surface area (Å²) >= 11 is 0.